The van der Waals surface area contributed by atoms with E-state index in [1.807, 2.05) is 0 Å². The Labute approximate surface area is 151 Å². The number of halogens is 3. The molecule has 3 rings (SSSR count). The van der Waals surface area contributed by atoms with E-state index in [2.05, 4.69) is 20.8 Å². The van der Waals surface area contributed by atoms with Crippen LogP contribution in [0.1, 0.15) is 5.56 Å². The van der Waals surface area contributed by atoms with E-state index in [9.17, 15) is 13.3 Å². The van der Waals surface area contributed by atoms with Gasteiger partial charge in [0.15, 0.2) is 5.69 Å². The number of alkyl halides is 2. The van der Waals surface area contributed by atoms with Gasteiger partial charge in [-0.1, -0.05) is 28.1 Å². The minimum absolute atomic E-state index is 0.0623. The highest BCUT2D eigenvalue weighted by Crippen LogP contribution is 2.69. The molecule has 0 bridgehead atoms. The smallest absolute Gasteiger partial charge is 0.396 e. The lowest BCUT2D eigenvalue weighted by atomic mass is 10.1. The van der Waals surface area contributed by atoms with Gasteiger partial charge in [-0.25, -0.2) is 4.85 Å². The fourth-order valence-corrected chi connectivity index (χ4v) is 4.92. The van der Waals surface area contributed by atoms with Crippen LogP contribution >= 0.6 is 23.5 Å². The van der Waals surface area contributed by atoms with Crippen LogP contribution in [-0.4, -0.2) is 24.9 Å². The molecule has 1 N–H and O–H groups in total. The second kappa shape index (κ2) is 6.75. The van der Waals surface area contributed by atoms with E-state index in [-0.39, 0.29) is 24.3 Å². The van der Waals surface area contributed by atoms with Crippen LogP contribution in [-0.2, 0) is 19.3 Å². The summed E-state index contributed by atoms with van der Waals surface area (Å²) >= 11 is 3.09. The first-order valence-corrected chi connectivity index (χ1v) is 9.63. The van der Waals surface area contributed by atoms with Crippen molar-refractivity contribution in [1.82, 2.24) is 0 Å². The largest absolute Gasteiger partial charge is 0.404 e. The van der Waals surface area contributed by atoms with Gasteiger partial charge >= 0.3 is 13.3 Å². The fraction of sp³-hybridized carbons (Fsp3) is 0.312. The van der Waals surface area contributed by atoms with Crippen molar-refractivity contribution >= 4 is 40.0 Å². The molecule has 0 spiro atoms. The first-order chi connectivity index (χ1) is 11.8. The molecular formula is C16H13BrF2NO4P. The van der Waals surface area contributed by atoms with Crippen LogP contribution in [0.3, 0.4) is 0 Å². The molecule has 0 aromatic heterocycles. The van der Waals surface area contributed by atoms with E-state index < -0.39 is 24.7 Å². The van der Waals surface area contributed by atoms with Crippen molar-refractivity contribution in [3.63, 3.8) is 0 Å². The number of hydrogen-bond acceptors (Lipinski definition) is 4. The average Bonchev–Trinajstić information content (AvgIpc) is 2.61. The Kier molecular flexibility index (Phi) is 4.97. The third-order valence-corrected chi connectivity index (χ3v) is 6.49. The van der Waals surface area contributed by atoms with E-state index in [4.69, 9.17) is 20.7 Å². The minimum atomic E-state index is -4.75. The van der Waals surface area contributed by atoms with Crippen LogP contribution in [0.5, 0.6) is 0 Å². The summed E-state index contributed by atoms with van der Waals surface area (Å²) in [5.74, 6) is -0.487. The molecule has 0 atom stereocenters. The Morgan fingerprint density at radius 1 is 1.28 bits per heavy atom. The average molecular weight is 432 g/mol. The lowest BCUT2D eigenvalue weighted by Gasteiger charge is -2.33. The molecule has 5 nitrogen and oxygen atoms in total. The molecule has 1 fully saturated rings. The van der Waals surface area contributed by atoms with Crippen LogP contribution < -0.4 is 0 Å². The van der Waals surface area contributed by atoms with Crippen molar-refractivity contribution in [1.29, 1.82) is 0 Å². The third kappa shape index (κ3) is 3.23. The maximum absolute atomic E-state index is 15.0. The maximum atomic E-state index is 15.0. The molecule has 1 saturated heterocycles. The molecule has 0 amide bonds. The van der Waals surface area contributed by atoms with E-state index in [0.717, 1.165) is 0 Å². The van der Waals surface area contributed by atoms with Crippen molar-refractivity contribution in [2.75, 3.05) is 19.8 Å². The minimum Gasteiger partial charge on any atom is -0.396 e. The molecule has 0 aliphatic carbocycles. The molecule has 0 saturated carbocycles. The molecule has 1 aliphatic rings. The van der Waals surface area contributed by atoms with E-state index in [1.165, 1.54) is 18.2 Å². The predicted molar refractivity (Wildman–Crippen MR) is 91.9 cm³/mol. The summed E-state index contributed by atoms with van der Waals surface area (Å²) < 4.78 is 52.3. The number of nitrogens with zero attached hydrogens (tertiary/aromatic N) is 1. The lowest BCUT2D eigenvalue weighted by molar-refractivity contribution is -0.00856. The van der Waals surface area contributed by atoms with Crippen molar-refractivity contribution in [3.05, 3.63) is 51.8 Å². The van der Waals surface area contributed by atoms with Crippen molar-refractivity contribution in [2.45, 2.75) is 5.66 Å². The zero-order chi connectivity index (χ0) is 18.2. The molecule has 132 valence electrons. The van der Waals surface area contributed by atoms with E-state index in [1.54, 1.807) is 12.1 Å². The number of aliphatic hydroxyl groups excluding tert-OH is 1. The Bertz CT molecular complexity index is 903. The number of fused-ring (bicyclic) bond motifs is 1. The van der Waals surface area contributed by atoms with Crippen LogP contribution in [0.2, 0.25) is 0 Å². The Hall–Kier alpha value is -1.36. The maximum Gasteiger partial charge on any atom is 0.404 e. The van der Waals surface area contributed by atoms with Gasteiger partial charge in [-0.05, 0) is 29.0 Å². The summed E-state index contributed by atoms with van der Waals surface area (Å²) in [7, 11) is -4.75. The molecule has 2 aromatic carbocycles. The van der Waals surface area contributed by atoms with Gasteiger partial charge in [0.25, 0.3) is 0 Å². The summed E-state index contributed by atoms with van der Waals surface area (Å²) in [6.07, 6.45) is 0. The molecule has 25 heavy (non-hydrogen) atoms. The Balaban J connectivity index is 2.06. The summed E-state index contributed by atoms with van der Waals surface area (Å²) in [5, 5.41) is 10.1. The Morgan fingerprint density at radius 2 is 1.96 bits per heavy atom. The molecule has 9 heteroatoms. The Morgan fingerprint density at radius 3 is 2.56 bits per heavy atom. The molecular weight excluding hydrogens is 419 g/mol. The van der Waals surface area contributed by atoms with Crippen LogP contribution in [0.15, 0.2) is 34.8 Å². The highest BCUT2D eigenvalue weighted by molar-refractivity contribution is 9.10. The van der Waals surface area contributed by atoms with Gasteiger partial charge in [0.05, 0.1) is 26.4 Å². The molecule has 2 aromatic rings. The van der Waals surface area contributed by atoms with Gasteiger partial charge in [-0.15, -0.1) is 0 Å². The highest BCUT2D eigenvalue weighted by Gasteiger charge is 2.57. The normalized spacial score (nSPS) is 24.2. The SMILES string of the molecule is [C-]#[N+]c1ccc2cc(Br)c(C(F)(F)P3(=O)OCC(CO)CO3)cc2c1. The quantitative estimate of drug-likeness (QED) is 0.545. The number of hydrogen-bond donors (Lipinski definition) is 1. The van der Waals surface area contributed by atoms with Crippen molar-refractivity contribution < 1.29 is 27.5 Å². The van der Waals surface area contributed by atoms with Crippen LogP contribution in [0.4, 0.5) is 14.5 Å². The molecule has 0 unspecified atom stereocenters. The van der Waals surface area contributed by atoms with Gasteiger partial charge in [-0.3, -0.25) is 4.57 Å². The second-order valence-electron chi connectivity index (χ2n) is 5.65. The zero-order valence-electron chi connectivity index (χ0n) is 12.8. The van der Waals surface area contributed by atoms with E-state index in [0.29, 0.717) is 16.5 Å². The van der Waals surface area contributed by atoms with Gasteiger partial charge in [-0.2, -0.15) is 8.78 Å². The summed E-state index contributed by atoms with van der Waals surface area (Å²) in [6.45, 7) is 6.19. The van der Waals surface area contributed by atoms with Gasteiger partial charge < -0.3 is 14.2 Å². The number of rotatable bonds is 3. The molecule has 0 radical (unpaired) electrons. The number of aliphatic hydroxyl groups is 1. The lowest BCUT2D eigenvalue weighted by Crippen LogP contribution is -2.29. The third-order valence-electron chi connectivity index (χ3n) is 3.93. The number of benzene rings is 2. The second-order valence-corrected chi connectivity index (χ2v) is 8.58. The summed E-state index contributed by atoms with van der Waals surface area (Å²) in [4.78, 5) is 3.28. The first kappa shape index (κ1) is 18.4. The topological polar surface area (TPSA) is 60.1 Å². The van der Waals surface area contributed by atoms with Gasteiger partial charge in [0, 0.05) is 16.0 Å². The van der Waals surface area contributed by atoms with Gasteiger partial charge in [0.1, 0.15) is 0 Å². The van der Waals surface area contributed by atoms with Crippen LogP contribution in [0, 0.1) is 12.5 Å². The standard InChI is InChI=1S/C16H13BrF2NO4P/c1-20-13-3-2-11-6-15(17)14(5-12(11)4-13)16(18,19)25(22)23-8-10(7-21)9-24-25/h2-6,10,21H,7-9H2. The fourth-order valence-electron chi connectivity index (χ4n) is 2.46. The van der Waals surface area contributed by atoms with Crippen LogP contribution in [0.25, 0.3) is 15.6 Å². The monoisotopic (exact) mass is 431 g/mol. The summed E-state index contributed by atoms with van der Waals surface area (Å²) in [5.41, 5.74) is -4.10. The zero-order valence-corrected chi connectivity index (χ0v) is 15.3. The van der Waals surface area contributed by atoms with Crippen molar-refractivity contribution in [3.8, 4) is 0 Å². The summed E-state index contributed by atoms with van der Waals surface area (Å²) in [6, 6.07) is 7.37. The predicted octanol–water partition coefficient (Wildman–Crippen LogP) is 5.05. The van der Waals surface area contributed by atoms with E-state index >= 15 is 0 Å². The van der Waals surface area contributed by atoms with Gasteiger partial charge in [0.2, 0.25) is 0 Å². The highest BCUT2D eigenvalue weighted by atomic mass is 79.9. The first-order valence-electron chi connectivity index (χ1n) is 7.30. The molecule has 1 aliphatic heterocycles. The molecule has 1 heterocycles. The van der Waals surface area contributed by atoms with Crippen molar-refractivity contribution in [2.24, 2.45) is 5.92 Å².